The van der Waals surface area contributed by atoms with E-state index < -0.39 is 28.8 Å². The van der Waals surface area contributed by atoms with Gasteiger partial charge in [0, 0.05) is 11.8 Å². The van der Waals surface area contributed by atoms with Gasteiger partial charge in [-0.2, -0.15) is 18.7 Å². The van der Waals surface area contributed by atoms with Gasteiger partial charge >= 0.3 is 6.18 Å². The lowest BCUT2D eigenvalue weighted by Crippen LogP contribution is -2.30. The fraction of sp³-hybridized carbons (Fsp3) is 0.176. The Morgan fingerprint density at radius 3 is 2.64 bits per heavy atom. The summed E-state index contributed by atoms with van der Waals surface area (Å²) >= 11 is 5.55. The third kappa shape index (κ3) is 5.19. The van der Waals surface area contributed by atoms with Gasteiger partial charge in [0.15, 0.2) is 6.10 Å². The van der Waals surface area contributed by atoms with E-state index in [0.29, 0.717) is 5.69 Å². The van der Waals surface area contributed by atoms with E-state index in [4.69, 9.17) is 27.3 Å². The highest BCUT2D eigenvalue weighted by atomic mass is 35.5. The maximum atomic E-state index is 12.9. The van der Waals surface area contributed by atoms with Gasteiger partial charge < -0.3 is 10.1 Å². The Morgan fingerprint density at radius 2 is 2.04 bits per heavy atom. The number of ether oxygens (including phenoxy) is 1. The molecule has 11 heteroatoms. The third-order valence-electron chi connectivity index (χ3n) is 3.53. The molecule has 0 saturated heterocycles. The molecule has 2 aromatic carbocycles. The number of anilines is 2. The number of nitrogens with one attached hydrogen (secondary N) is 3. The molecule has 1 unspecified atom stereocenters. The first-order chi connectivity index (χ1) is 13.2. The van der Waals surface area contributed by atoms with Crippen molar-refractivity contribution >= 4 is 35.2 Å². The number of amides is 1. The Kier molecular flexibility index (Phi) is 6.57. The van der Waals surface area contributed by atoms with Gasteiger partial charge in [0.2, 0.25) is 0 Å². The van der Waals surface area contributed by atoms with Gasteiger partial charge in [-0.3, -0.25) is 10.2 Å². The second-order valence-corrected chi connectivity index (χ2v) is 5.92. The average Bonchev–Trinajstić information content (AvgIpc) is 2.63. The molecule has 0 spiro atoms. The van der Waals surface area contributed by atoms with E-state index in [1.807, 2.05) is 0 Å². The quantitative estimate of drug-likeness (QED) is 0.254. The number of halogens is 4. The molecule has 7 nitrogen and oxygen atoms in total. The molecule has 1 atom stereocenters. The van der Waals surface area contributed by atoms with Crippen molar-refractivity contribution in [1.29, 1.82) is 10.9 Å². The Hall–Kier alpha value is -3.14. The molecule has 3 N–H and O–H groups in total. The van der Waals surface area contributed by atoms with E-state index in [1.165, 1.54) is 19.1 Å². The van der Waals surface area contributed by atoms with Crippen molar-refractivity contribution in [1.82, 2.24) is 0 Å². The molecule has 0 bridgehead atoms. The molecule has 0 saturated carbocycles. The lowest BCUT2D eigenvalue weighted by molar-refractivity contribution is -0.137. The third-order valence-corrected chi connectivity index (χ3v) is 3.86. The van der Waals surface area contributed by atoms with Crippen molar-refractivity contribution in [3.8, 4) is 5.75 Å². The smallest absolute Gasteiger partial charge is 0.417 e. The summed E-state index contributed by atoms with van der Waals surface area (Å²) in [6.45, 7) is 1.42. The SMILES string of the molecule is CC(Oc1cccc(N(C=N)N=N)c1)C(=O)Nc1ccc(Cl)c(C(F)(F)F)c1. The number of benzene rings is 2. The number of alkyl halides is 3. The minimum absolute atomic E-state index is 0.0751. The minimum atomic E-state index is -4.65. The highest BCUT2D eigenvalue weighted by molar-refractivity contribution is 6.31. The number of rotatable bonds is 7. The molecule has 2 rings (SSSR count). The number of hydrogen-bond acceptors (Lipinski definition) is 5. The van der Waals surface area contributed by atoms with E-state index in [0.717, 1.165) is 23.5 Å². The molecule has 148 valence electrons. The van der Waals surface area contributed by atoms with Crippen molar-refractivity contribution in [2.24, 2.45) is 5.22 Å². The van der Waals surface area contributed by atoms with Crippen LogP contribution in [0.5, 0.6) is 5.75 Å². The summed E-state index contributed by atoms with van der Waals surface area (Å²) in [4.78, 5) is 12.2. The highest BCUT2D eigenvalue weighted by Gasteiger charge is 2.33. The van der Waals surface area contributed by atoms with Gasteiger partial charge in [-0.1, -0.05) is 22.9 Å². The molecule has 0 fully saturated rings. The molecule has 1 amide bonds. The van der Waals surface area contributed by atoms with Crippen molar-refractivity contribution in [3.05, 3.63) is 53.1 Å². The van der Waals surface area contributed by atoms with E-state index in [9.17, 15) is 18.0 Å². The monoisotopic (exact) mass is 413 g/mol. The molecular formula is C17H15ClF3N5O2. The van der Waals surface area contributed by atoms with E-state index in [1.54, 1.807) is 18.2 Å². The van der Waals surface area contributed by atoms with Crippen molar-refractivity contribution in [2.75, 3.05) is 10.3 Å². The zero-order valence-corrected chi connectivity index (χ0v) is 15.2. The predicted molar refractivity (Wildman–Crippen MR) is 98.0 cm³/mol. The van der Waals surface area contributed by atoms with Gasteiger partial charge in [-0.05, 0) is 37.3 Å². The first kappa shape index (κ1) is 21.2. The van der Waals surface area contributed by atoms with Gasteiger partial charge in [0.05, 0.1) is 16.3 Å². The lowest BCUT2D eigenvalue weighted by atomic mass is 10.2. The number of nitrogens with zero attached hydrogens (tertiary/aromatic N) is 2. The first-order valence-electron chi connectivity index (χ1n) is 7.77. The summed E-state index contributed by atoms with van der Waals surface area (Å²) in [5.41, 5.74) is 6.22. The van der Waals surface area contributed by atoms with Crippen LogP contribution < -0.4 is 15.1 Å². The number of hydrogen-bond donors (Lipinski definition) is 3. The first-order valence-corrected chi connectivity index (χ1v) is 8.15. The van der Waals surface area contributed by atoms with Crippen LogP contribution in [0.25, 0.3) is 0 Å². The zero-order chi connectivity index (χ0) is 20.9. The van der Waals surface area contributed by atoms with Crippen LogP contribution in [0.2, 0.25) is 5.02 Å². The van der Waals surface area contributed by atoms with E-state index in [-0.39, 0.29) is 11.4 Å². The standard InChI is InChI=1S/C17H15ClF3N5O2/c1-10(28-13-4-2-3-12(8-13)26(9-22)25-23)16(27)24-11-5-6-15(18)14(7-11)17(19,20)21/h2-10,22-23H,1H3,(H,24,27). The summed E-state index contributed by atoms with van der Waals surface area (Å²) < 4.78 is 44.2. The largest absolute Gasteiger partial charge is 0.481 e. The normalized spacial score (nSPS) is 12.0. The Bertz CT molecular complexity index is 883. The van der Waals surface area contributed by atoms with Crippen LogP contribution in [0.1, 0.15) is 12.5 Å². The van der Waals surface area contributed by atoms with Gasteiger partial charge in [-0.15, -0.1) is 0 Å². The minimum Gasteiger partial charge on any atom is -0.481 e. The molecule has 2 aromatic rings. The van der Waals surface area contributed by atoms with E-state index >= 15 is 0 Å². The fourth-order valence-electron chi connectivity index (χ4n) is 2.18. The Labute approximate surface area is 163 Å². The van der Waals surface area contributed by atoms with Crippen LogP contribution in [0.4, 0.5) is 24.5 Å². The lowest BCUT2D eigenvalue weighted by Gasteiger charge is -2.17. The van der Waals surface area contributed by atoms with Crippen LogP contribution in [0.15, 0.2) is 47.7 Å². The molecule has 0 radical (unpaired) electrons. The summed E-state index contributed by atoms with van der Waals surface area (Å²) in [6.07, 6.45) is -4.87. The van der Waals surface area contributed by atoms with Crippen molar-refractivity contribution < 1.29 is 22.7 Å². The maximum absolute atomic E-state index is 12.9. The average molecular weight is 414 g/mol. The molecular weight excluding hydrogens is 399 g/mol. The Morgan fingerprint density at radius 1 is 1.32 bits per heavy atom. The zero-order valence-electron chi connectivity index (χ0n) is 14.4. The molecule has 0 aliphatic heterocycles. The molecule has 0 aliphatic carbocycles. The van der Waals surface area contributed by atoms with Gasteiger partial charge in [-0.25, -0.2) is 5.01 Å². The molecule has 0 aromatic heterocycles. The predicted octanol–water partition coefficient (Wildman–Crippen LogP) is 5.12. The maximum Gasteiger partial charge on any atom is 0.417 e. The van der Waals surface area contributed by atoms with Crippen molar-refractivity contribution in [3.63, 3.8) is 0 Å². The highest BCUT2D eigenvalue weighted by Crippen LogP contribution is 2.36. The van der Waals surface area contributed by atoms with Crippen LogP contribution in [0, 0.1) is 10.9 Å². The van der Waals surface area contributed by atoms with Crippen LogP contribution in [-0.2, 0) is 11.0 Å². The molecule has 0 aliphatic rings. The second-order valence-electron chi connectivity index (χ2n) is 5.51. The van der Waals surface area contributed by atoms with Gasteiger partial charge in [0.1, 0.15) is 12.1 Å². The van der Waals surface area contributed by atoms with Crippen LogP contribution in [0.3, 0.4) is 0 Å². The number of carbonyl (C=O) groups is 1. The molecule has 0 heterocycles. The van der Waals surface area contributed by atoms with Gasteiger partial charge in [0.25, 0.3) is 5.91 Å². The summed E-state index contributed by atoms with van der Waals surface area (Å²) in [6, 6.07) is 9.19. The summed E-state index contributed by atoms with van der Waals surface area (Å²) in [5.74, 6) is -0.419. The number of carbonyl (C=O) groups excluding carboxylic acids is 1. The van der Waals surface area contributed by atoms with Crippen LogP contribution in [-0.4, -0.2) is 18.3 Å². The molecule has 28 heavy (non-hydrogen) atoms. The fourth-order valence-corrected chi connectivity index (χ4v) is 2.41. The topological polar surface area (TPSA) is 102 Å². The van der Waals surface area contributed by atoms with Crippen LogP contribution >= 0.6 is 11.6 Å². The van der Waals surface area contributed by atoms with Crippen molar-refractivity contribution in [2.45, 2.75) is 19.2 Å². The summed E-state index contributed by atoms with van der Waals surface area (Å²) in [5, 5.41) is 13.1. The second kappa shape index (κ2) is 8.70. The van der Waals surface area contributed by atoms with E-state index in [2.05, 4.69) is 10.5 Å². The Balaban J connectivity index is 2.11. The summed E-state index contributed by atoms with van der Waals surface area (Å²) in [7, 11) is 0.